The third-order valence-electron chi connectivity index (χ3n) is 2.38. The van der Waals surface area contributed by atoms with Crippen molar-refractivity contribution in [2.45, 2.75) is 6.54 Å². The minimum absolute atomic E-state index is 0.147. The maximum Gasteiger partial charge on any atom is 0.255 e. The first kappa shape index (κ1) is 12.0. The Balaban J connectivity index is 2.09. The minimum Gasteiger partial charge on any atom is -0.504 e. The number of aromatic nitrogens is 1. The van der Waals surface area contributed by atoms with Gasteiger partial charge in [0.1, 0.15) is 0 Å². The van der Waals surface area contributed by atoms with E-state index in [-0.39, 0.29) is 23.6 Å². The van der Waals surface area contributed by atoms with E-state index in [1.807, 2.05) is 0 Å². The van der Waals surface area contributed by atoms with Gasteiger partial charge in [-0.2, -0.15) is 0 Å². The molecule has 2 aromatic rings. The van der Waals surface area contributed by atoms with E-state index in [4.69, 9.17) is 9.26 Å². The number of methoxy groups -OCH3 is 1. The van der Waals surface area contributed by atoms with Crippen molar-refractivity contribution >= 4 is 5.91 Å². The summed E-state index contributed by atoms with van der Waals surface area (Å²) in [4.78, 5) is 11.8. The van der Waals surface area contributed by atoms with Crippen molar-refractivity contribution in [1.82, 2.24) is 10.5 Å². The third-order valence-corrected chi connectivity index (χ3v) is 2.38. The molecule has 0 saturated carbocycles. The van der Waals surface area contributed by atoms with E-state index in [0.717, 1.165) is 0 Å². The monoisotopic (exact) mass is 248 g/mol. The molecule has 0 bridgehead atoms. The Bertz CT molecular complexity index is 537. The highest BCUT2D eigenvalue weighted by Crippen LogP contribution is 2.29. The van der Waals surface area contributed by atoms with Crippen molar-refractivity contribution in [2.75, 3.05) is 7.11 Å². The first-order valence-electron chi connectivity index (χ1n) is 5.26. The summed E-state index contributed by atoms with van der Waals surface area (Å²) in [6, 6.07) is 6.35. The molecule has 0 unspecified atom stereocenters. The summed E-state index contributed by atoms with van der Waals surface area (Å²) >= 11 is 0. The van der Waals surface area contributed by atoms with Gasteiger partial charge in [0.15, 0.2) is 17.3 Å². The second-order valence-corrected chi connectivity index (χ2v) is 3.52. The summed E-state index contributed by atoms with van der Waals surface area (Å²) in [7, 11) is 1.42. The average molecular weight is 248 g/mol. The third kappa shape index (κ3) is 2.42. The maximum absolute atomic E-state index is 11.8. The Labute approximate surface area is 103 Å². The van der Waals surface area contributed by atoms with Crippen LogP contribution in [0.25, 0.3) is 0 Å². The van der Waals surface area contributed by atoms with E-state index >= 15 is 0 Å². The molecule has 2 N–H and O–H groups in total. The topological polar surface area (TPSA) is 84.6 Å². The molecular formula is C12H12N2O4. The van der Waals surface area contributed by atoms with Gasteiger partial charge >= 0.3 is 0 Å². The lowest BCUT2D eigenvalue weighted by molar-refractivity contribution is 0.0943. The van der Waals surface area contributed by atoms with Gasteiger partial charge in [0.05, 0.1) is 25.4 Å². The zero-order valence-corrected chi connectivity index (χ0v) is 9.71. The van der Waals surface area contributed by atoms with Gasteiger partial charge in [-0.3, -0.25) is 4.79 Å². The van der Waals surface area contributed by atoms with E-state index in [1.165, 1.54) is 19.4 Å². The lowest BCUT2D eigenvalue weighted by Crippen LogP contribution is -2.22. The van der Waals surface area contributed by atoms with Crippen LogP contribution in [-0.2, 0) is 6.54 Å². The highest BCUT2D eigenvalue weighted by atomic mass is 16.5. The van der Waals surface area contributed by atoms with E-state index in [1.54, 1.807) is 18.2 Å². The van der Waals surface area contributed by atoms with Crippen LogP contribution in [0.4, 0.5) is 0 Å². The fourth-order valence-corrected chi connectivity index (χ4v) is 1.47. The van der Waals surface area contributed by atoms with Gasteiger partial charge in [0, 0.05) is 6.07 Å². The van der Waals surface area contributed by atoms with Crippen LogP contribution in [0.1, 0.15) is 16.1 Å². The number of hydrogen-bond donors (Lipinski definition) is 2. The number of amides is 1. The van der Waals surface area contributed by atoms with Crippen molar-refractivity contribution in [3.8, 4) is 11.5 Å². The van der Waals surface area contributed by atoms with Gasteiger partial charge in [-0.25, -0.2) is 0 Å². The highest BCUT2D eigenvalue weighted by Gasteiger charge is 2.14. The van der Waals surface area contributed by atoms with E-state index < -0.39 is 5.91 Å². The van der Waals surface area contributed by atoms with Crippen molar-refractivity contribution < 1.29 is 19.2 Å². The summed E-state index contributed by atoms with van der Waals surface area (Å²) in [5, 5.41) is 15.9. The number of nitrogens with zero attached hydrogens (tertiary/aromatic N) is 1. The van der Waals surface area contributed by atoms with E-state index in [2.05, 4.69) is 10.5 Å². The average Bonchev–Trinajstić information content (AvgIpc) is 2.89. The van der Waals surface area contributed by atoms with Crippen molar-refractivity contribution in [3.05, 3.63) is 41.8 Å². The molecule has 0 saturated heterocycles. The molecule has 0 aliphatic carbocycles. The van der Waals surface area contributed by atoms with Gasteiger partial charge in [0.2, 0.25) is 0 Å². The Hall–Kier alpha value is -2.50. The molecule has 0 atom stereocenters. The first-order chi connectivity index (χ1) is 8.72. The standard InChI is InChI=1S/C12H12N2O4/c1-17-10-4-2-3-9(11(10)15)12(16)13-7-8-5-6-14-18-8/h2-6,15H,7H2,1H3,(H,13,16). The van der Waals surface area contributed by atoms with Crippen LogP contribution in [0.2, 0.25) is 0 Å². The van der Waals surface area contributed by atoms with Gasteiger partial charge in [-0.05, 0) is 12.1 Å². The predicted molar refractivity (Wildman–Crippen MR) is 62.3 cm³/mol. The second kappa shape index (κ2) is 5.22. The van der Waals surface area contributed by atoms with Gasteiger partial charge in [0.25, 0.3) is 5.91 Å². The number of carbonyl (C=O) groups is 1. The number of nitrogens with one attached hydrogen (secondary N) is 1. The van der Waals surface area contributed by atoms with Gasteiger partial charge in [-0.15, -0.1) is 0 Å². The zero-order valence-electron chi connectivity index (χ0n) is 9.71. The Morgan fingerprint density at radius 3 is 3.00 bits per heavy atom. The first-order valence-corrected chi connectivity index (χ1v) is 5.26. The zero-order chi connectivity index (χ0) is 13.0. The number of para-hydroxylation sites is 1. The molecule has 94 valence electrons. The summed E-state index contributed by atoms with van der Waals surface area (Å²) in [6.45, 7) is 0.204. The summed E-state index contributed by atoms with van der Waals surface area (Å²) in [5.41, 5.74) is 0.147. The minimum atomic E-state index is -0.414. The van der Waals surface area contributed by atoms with Crippen LogP contribution in [-0.4, -0.2) is 23.3 Å². The number of carbonyl (C=O) groups excluding carboxylic acids is 1. The molecule has 0 aliphatic heterocycles. The summed E-state index contributed by atoms with van der Waals surface area (Å²) in [5.74, 6) is 0.186. The van der Waals surface area contributed by atoms with Crippen LogP contribution in [0.3, 0.4) is 0 Å². The molecule has 0 fully saturated rings. The van der Waals surface area contributed by atoms with Gasteiger partial charge in [-0.1, -0.05) is 11.2 Å². The van der Waals surface area contributed by atoms with Crippen LogP contribution >= 0.6 is 0 Å². The van der Waals surface area contributed by atoms with Crippen molar-refractivity contribution in [1.29, 1.82) is 0 Å². The summed E-state index contributed by atoms with van der Waals surface area (Å²) in [6.07, 6.45) is 1.49. The lowest BCUT2D eigenvalue weighted by atomic mass is 10.1. The molecule has 6 heteroatoms. The van der Waals surface area contributed by atoms with Crippen LogP contribution < -0.4 is 10.1 Å². The SMILES string of the molecule is COc1cccc(C(=O)NCc2ccno2)c1O. The van der Waals surface area contributed by atoms with E-state index in [0.29, 0.717) is 5.76 Å². The van der Waals surface area contributed by atoms with Crippen LogP contribution in [0, 0.1) is 0 Å². The number of aromatic hydroxyl groups is 1. The largest absolute Gasteiger partial charge is 0.504 e. The number of rotatable bonds is 4. The lowest BCUT2D eigenvalue weighted by Gasteiger charge is -2.08. The molecule has 2 rings (SSSR count). The van der Waals surface area contributed by atoms with Gasteiger partial charge < -0.3 is 19.7 Å². The number of hydrogen-bond acceptors (Lipinski definition) is 5. The molecule has 6 nitrogen and oxygen atoms in total. The molecule has 1 heterocycles. The molecule has 1 amide bonds. The normalized spacial score (nSPS) is 10.1. The van der Waals surface area contributed by atoms with E-state index in [9.17, 15) is 9.90 Å². The van der Waals surface area contributed by atoms with Crippen LogP contribution in [0.5, 0.6) is 11.5 Å². The highest BCUT2D eigenvalue weighted by molar-refractivity contribution is 5.97. The Kier molecular flexibility index (Phi) is 3.47. The number of benzene rings is 1. The second-order valence-electron chi connectivity index (χ2n) is 3.52. The molecule has 0 radical (unpaired) electrons. The quantitative estimate of drug-likeness (QED) is 0.852. The molecule has 1 aromatic carbocycles. The molecule has 0 aliphatic rings. The fourth-order valence-electron chi connectivity index (χ4n) is 1.47. The number of phenols is 1. The Morgan fingerprint density at radius 2 is 2.33 bits per heavy atom. The maximum atomic E-state index is 11.8. The predicted octanol–water partition coefficient (Wildman–Crippen LogP) is 1.32. The fraction of sp³-hybridized carbons (Fsp3) is 0.167. The van der Waals surface area contributed by atoms with Crippen molar-refractivity contribution in [2.24, 2.45) is 0 Å². The summed E-state index contributed by atoms with van der Waals surface area (Å²) < 4.78 is 9.77. The van der Waals surface area contributed by atoms with Crippen molar-refractivity contribution in [3.63, 3.8) is 0 Å². The smallest absolute Gasteiger partial charge is 0.255 e. The Morgan fingerprint density at radius 1 is 1.50 bits per heavy atom. The molecule has 18 heavy (non-hydrogen) atoms. The number of ether oxygens (including phenoxy) is 1. The number of phenolic OH excluding ortho intramolecular Hbond substituents is 1. The van der Waals surface area contributed by atoms with Crippen LogP contribution in [0.15, 0.2) is 35.0 Å². The molecular weight excluding hydrogens is 236 g/mol. The molecule has 0 spiro atoms. The molecule has 1 aromatic heterocycles.